The molecule has 1 N–H and O–H groups in total. The summed E-state index contributed by atoms with van der Waals surface area (Å²) in [5.74, 6) is 1.43. The van der Waals surface area contributed by atoms with Crippen LogP contribution in [0.5, 0.6) is 11.6 Å². The van der Waals surface area contributed by atoms with Crippen LogP contribution in [0.3, 0.4) is 0 Å². The molecule has 0 amide bonds. The van der Waals surface area contributed by atoms with Gasteiger partial charge in [0.15, 0.2) is 0 Å². The summed E-state index contributed by atoms with van der Waals surface area (Å²) in [7, 11) is 3.45. The minimum Gasteiger partial charge on any atom is -0.497 e. The number of pyridine rings is 1. The number of aromatic nitrogens is 1. The molecule has 4 aromatic rings. The maximum Gasteiger partial charge on any atom is 0.216 e. The van der Waals surface area contributed by atoms with Crippen LogP contribution in [0.2, 0.25) is 0 Å². The summed E-state index contributed by atoms with van der Waals surface area (Å²) in [6.45, 7) is 8.76. The molecule has 0 radical (unpaired) electrons. The Hall–Kier alpha value is -3.45. The topological polar surface area (TPSA) is 77.6 Å². The van der Waals surface area contributed by atoms with Crippen LogP contribution in [0.4, 0.5) is 11.4 Å². The fourth-order valence-corrected chi connectivity index (χ4v) is 8.69. The molecule has 3 aliphatic rings. The highest BCUT2D eigenvalue weighted by molar-refractivity contribution is 8.05. The number of fused-ring (bicyclic) bond motifs is 2. The third-order valence-electron chi connectivity index (χ3n) is 8.96. The molecule has 258 valence electrons. The van der Waals surface area contributed by atoms with Crippen molar-refractivity contribution < 1.29 is 23.7 Å². The van der Waals surface area contributed by atoms with E-state index in [4.69, 9.17) is 28.7 Å². The van der Waals surface area contributed by atoms with Crippen LogP contribution in [0, 0.1) is 0 Å². The van der Waals surface area contributed by atoms with Gasteiger partial charge in [-0.2, -0.15) is 0 Å². The van der Waals surface area contributed by atoms with Gasteiger partial charge in [-0.25, -0.2) is 4.98 Å². The Morgan fingerprint density at radius 3 is 2.41 bits per heavy atom. The first kappa shape index (κ1) is 34.0. The SMILES string of the molecule is COCC[C@H](CN1CCOCC1)Nc1ccc2c(c1)Sc1cccc(-c3cc(N4CCOCC4)cc(OCc4ccc(OC)cc4)n3)c1S2. The third-order valence-corrected chi connectivity index (χ3v) is 11.6. The average Bonchev–Trinajstić information content (AvgIpc) is 3.16. The van der Waals surface area contributed by atoms with E-state index in [9.17, 15) is 0 Å². The van der Waals surface area contributed by atoms with Gasteiger partial charge in [-0.1, -0.05) is 47.8 Å². The quantitative estimate of drug-likeness (QED) is 0.139. The molecular formula is C38H44N4O5S2. The molecule has 3 aromatic carbocycles. The Kier molecular flexibility index (Phi) is 11.5. The summed E-state index contributed by atoms with van der Waals surface area (Å²) < 4.78 is 28.3. The van der Waals surface area contributed by atoms with E-state index in [2.05, 4.69) is 63.6 Å². The molecule has 0 unspecified atom stereocenters. The Morgan fingerprint density at radius 2 is 1.63 bits per heavy atom. The summed E-state index contributed by atoms with van der Waals surface area (Å²) in [6, 6.07) is 25.8. The molecular weight excluding hydrogens is 657 g/mol. The lowest BCUT2D eigenvalue weighted by molar-refractivity contribution is 0.0347. The molecule has 2 saturated heterocycles. The van der Waals surface area contributed by atoms with E-state index in [-0.39, 0.29) is 0 Å². The summed E-state index contributed by atoms with van der Waals surface area (Å²) >= 11 is 3.64. The lowest BCUT2D eigenvalue weighted by Crippen LogP contribution is -2.43. The van der Waals surface area contributed by atoms with Gasteiger partial charge in [0, 0.05) is 95.1 Å². The van der Waals surface area contributed by atoms with E-state index in [1.807, 2.05) is 47.8 Å². The van der Waals surface area contributed by atoms with Gasteiger partial charge < -0.3 is 33.9 Å². The lowest BCUT2D eigenvalue weighted by atomic mass is 10.1. The largest absolute Gasteiger partial charge is 0.497 e. The maximum absolute atomic E-state index is 6.33. The molecule has 2 fully saturated rings. The van der Waals surface area contributed by atoms with E-state index in [0.29, 0.717) is 31.7 Å². The maximum atomic E-state index is 6.33. The zero-order valence-corrected chi connectivity index (χ0v) is 29.8. The number of methoxy groups -OCH3 is 2. The molecule has 4 heterocycles. The van der Waals surface area contributed by atoms with Crippen LogP contribution in [0.25, 0.3) is 11.3 Å². The number of nitrogens with one attached hydrogen (secondary N) is 1. The fourth-order valence-electron chi connectivity index (χ4n) is 6.28. The Morgan fingerprint density at radius 1 is 0.837 bits per heavy atom. The number of anilines is 2. The molecule has 0 bridgehead atoms. The van der Waals surface area contributed by atoms with Crippen molar-refractivity contribution in [2.24, 2.45) is 0 Å². The van der Waals surface area contributed by atoms with Crippen molar-refractivity contribution >= 4 is 34.9 Å². The summed E-state index contributed by atoms with van der Waals surface area (Å²) in [6.07, 6.45) is 0.946. The van der Waals surface area contributed by atoms with Crippen LogP contribution in [-0.2, 0) is 20.8 Å². The number of nitrogens with zero attached hydrogens (tertiary/aromatic N) is 3. The van der Waals surface area contributed by atoms with E-state index in [1.165, 1.54) is 19.6 Å². The van der Waals surface area contributed by atoms with Crippen molar-refractivity contribution in [2.75, 3.05) is 90.2 Å². The lowest BCUT2D eigenvalue weighted by Gasteiger charge is -2.31. The van der Waals surface area contributed by atoms with Gasteiger partial charge in [0.2, 0.25) is 5.88 Å². The number of ether oxygens (including phenoxy) is 5. The predicted octanol–water partition coefficient (Wildman–Crippen LogP) is 6.94. The third kappa shape index (κ3) is 8.65. The Labute approximate surface area is 297 Å². The molecule has 0 saturated carbocycles. The van der Waals surface area contributed by atoms with E-state index in [0.717, 1.165) is 92.9 Å². The number of rotatable bonds is 13. The van der Waals surface area contributed by atoms with E-state index >= 15 is 0 Å². The zero-order valence-electron chi connectivity index (χ0n) is 28.2. The normalized spacial score (nSPS) is 16.8. The first-order valence-corrected chi connectivity index (χ1v) is 18.6. The second-order valence-corrected chi connectivity index (χ2v) is 14.5. The van der Waals surface area contributed by atoms with Crippen molar-refractivity contribution in [1.82, 2.24) is 9.88 Å². The molecule has 0 aliphatic carbocycles. The van der Waals surface area contributed by atoms with Gasteiger partial charge in [0.1, 0.15) is 12.4 Å². The Bertz CT molecular complexity index is 1700. The van der Waals surface area contributed by atoms with Crippen LogP contribution in [-0.4, -0.2) is 95.9 Å². The molecule has 49 heavy (non-hydrogen) atoms. The average molecular weight is 701 g/mol. The number of benzene rings is 3. The molecule has 3 aliphatic heterocycles. The second kappa shape index (κ2) is 16.5. The van der Waals surface area contributed by atoms with Crippen LogP contribution < -0.4 is 19.7 Å². The van der Waals surface area contributed by atoms with Gasteiger partial charge in [0.25, 0.3) is 0 Å². The highest BCUT2D eigenvalue weighted by atomic mass is 32.2. The Balaban J connectivity index is 1.12. The van der Waals surface area contributed by atoms with Gasteiger partial charge in [-0.15, -0.1) is 0 Å². The molecule has 0 spiro atoms. The highest BCUT2D eigenvalue weighted by Crippen LogP contribution is 2.52. The minimum atomic E-state index is 0.294. The standard InChI is InChI=1S/C38H44N4O5S2/c1-43-17-12-29(25-41-13-18-45-19-14-41)39-28-8-11-34-36(22-28)48-35-5-3-4-32(38(35)49-34)33-23-30(42-15-20-46-21-16-42)24-37(40-33)47-26-27-6-9-31(44-2)10-7-27/h3-11,22-24,29,39H,12-21,25-26H2,1-2H3/t29-/m1/s1. The fraction of sp³-hybridized carbons (Fsp3) is 0.395. The van der Waals surface area contributed by atoms with Crippen molar-refractivity contribution in [1.29, 1.82) is 0 Å². The first-order valence-electron chi connectivity index (χ1n) is 16.9. The number of hydrogen-bond donors (Lipinski definition) is 1. The van der Waals surface area contributed by atoms with E-state index in [1.54, 1.807) is 14.2 Å². The summed E-state index contributed by atoms with van der Waals surface area (Å²) in [5.41, 5.74) is 5.31. The van der Waals surface area contributed by atoms with Gasteiger partial charge in [0.05, 0.1) is 39.2 Å². The monoisotopic (exact) mass is 700 g/mol. The van der Waals surface area contributed by atoms with E-state index < -0.39 is 0 Å². The second-order valence-electron chi connectivity index (χ2n) is 12.3. The molecule has 1 atom stereocenters. The molecule has 1 aromatic heterocycles. The highest BCUT2D eigenvalue weighted by Gasteiger charge is 2.24. The number of morpholine rings is 2. The predicted molar refractivity (Wildman–Crippen MR) is 196 cm³/mol. The van der Waals surface area contributed by atoms with Crippen molar-refractivity contribution in [3.8, 4) is 22.9 Å². The first-order chi connectivity index (χ1) is 24.1. The number of hydrogen-bond acceptors (Lipinski definition) is 11. The van der Waals surface area contributed by atoms with Crippen LogP contribution in [0.1, 0.15) is 12.0 Å². The summed E-state index contributed by atoms with van der Waals surface area (Å²) in [4.78, 5) is 14.9. The van der Waals surface area contributed by atoms with Gasteiger partial charge in [-0.3, -0.25) is 4.90 Å². The molecule has 9 nitrogen and oxygen atoms in total. The summed E-state index contributed by atoms with van der Waals surface area (Å²) in [5, 5.41) is 3.82. The van der Waals surface area contributed by atoms with Crippen LogP contribution in [0.15, 0.2) is 92.4 Å². The van der Waals surface area contributed by atoms with Gasteiger partial charge >= 0.3 is 0 Å². The van der Waals surface area contributed by atoms with Crippen molar-refractivity contribution in [3.05, 3.63) is 78.4 Å². The molecule has 11 heteroatoms. The van der Waals surface area contributed by atoms with Crippen molar-refractivity contribution in [2.45, 2.75) is 38.7 Å². The van der Waals surface area contributed by atoms with Crippen molar-refractivity contribution in [3.63, 3.8) is 0 Å². The smallest absolute Gasteiger partial charge is 0.216 e. The minimum absolute atomic E-state index is 0.294. The van der Waals surface area contributed by atoms with Gasteiger partial charge in [-0.05, 0) is 54.4 Å². The zero-order chi connectivity index (χ0) is 33.4. The molecule has 7 rings (SSSR count). The van der Waals surface area contributed by atoms with Crippen LogP contribution >= 0.6 is 23.5 Å².